The Balaban J connectivity index is 2.40. The van der Waals surface area contributed by atoms with Crippen LogP contribution in [0.2, 0.25) is 0 Å². The molecule has 134 valence electrons. The number of nitro groups is 1. The molecule has 0 amide bonds. The monoisotopic (exact) mass is 336 g/mol. The van der Waals surface area contributed by atoms with Gasteiger partial charge in [-0.1, -0.05) is 26.0 Å². The van der Waals surface area contributed by atoms with E-state index in [1.807, 2.05) is 6.92 Å². The highest BCUT2D eigenvalue weighted by Gasteiger charge is 2.04. The molecule has 0 unspecified atom stereocenters. The van der Waals surface area contributed by atoms with E-state index in [0.717, 1.165) is 44.2 Å². The first-order valence-electron chi connectivity index (χ1n) is 8.36. The van der Waals surface area contributed by atoms with Gasteiger partial charge >= 0.3 is 0 Å². The molecule has 0 heterocycles. The first-order valence-corrected chi connectivity index (χ1v) is 8.36. The minimum Gasteiger partial charge on any atom is -0.381 e. The molecule has 0 radical (unpaired) electrons. The van der Waals surface area contributed by atoms with Crippen LogP contribution < -0.4 is 10.6 Å². The van der Waals surface area contributed by atoms with Crippen LogP contribution >= 0.6 is 0 Å². The van der Waals surface area contributed by atoms with Crippen molar-refractivity contribution < 1.29 is 9.66 Å². The highest BCUT2D eigenvalue weighted by Crippen LogP contribution is 2.12. The summed E-state index contributed by atoms with van der Waals surface area (Å²) < 4.78 is 5.54. The van der Waals surface area contributed by atoms with Crippen molar-refractivity contribution in [2.24, 2.45) is 10.9 Å². The molecular weight excluding hydrogens is 308 g/mol. The number of hydrogen-bond acceptors (Lipinski definition) is 4. The fraction of sp³-hybridized carbons (Fsp3) is 0.588. The van der Waals surface area contributed by atoms with Crippen LogP contribution in [0.1, 0.15) is 32.8 Å². The molecule has 2 N–H and O–H groups in total. The van der Waals surface area contributed by atoms with Crippen molar-refractivity contribution in [2.75, 3.05) is 26.3 Å². The zero-order chi connectivity index (χ0) is 17.8. The fourth-order valence-electron chi connectivity index (χ4n) is 1.94. The van der Waals surface area contributed by atoms with Crippen molar-refractivity contribution in [3.05, 3.63) is 39.9 Å². The summed E-state index contributed by atoms with van der Waals surface area (Å²) in [4.78, 5) is 14.7. The van der Waals surface area contributed by atoms with Crippen LogP contribution in [0.3, 0.4) is 0 Å². The summed E-state index contributed by atoms with van der Waals surface area (Å²) >= 11 is 0. The number of non-ortho nitro benzene ring substituents is 1. The molecule has 7 heteroatoms. The van der Waals surface area contributed by atoms with Crippen LogP contribution in [0.5, 0.6) is 0 Å². The summed E-state index contributed by atoms with van der Waals surface area (Å²) in [5.41, 5.74) is 1.02. The maximum absolute atomic E-state index is 10.6. The van der Waals surface area contributed by atoms with Crippen LogP contribution in [0.25, 0.3) is 0 Å². The molecule has 0 aliphatic heterocycles. The lowest BCUT2D eigenvalue weighted by Gasteiger charge is -2.12. The fourth-order valence-corrected chi connectivity index (χ4v) is 1.94. The second-order valence-electron chi connectivity index (χ2n) is 5.87. The maximum Gasteiger partial charge on any atom is 0.269 e. The van der Waals surface area contributed by atoms with Crippen molar-refractivity contribution in [3.8, 4) is 0 Å². The molecule has 0 spiro atoms. The topological polar surface area (TPSA) is 88.8 Å². The predicted molar refractivity (Wildman–Crippen MR) is 96.2 cm³/mol. The van der Waals surface area contributed by atoms with Gasteiger partial charge in [0.05, 0.1) is 11.5 Å². The lowest BCUT2D eigenvalue weighted by atomic mass is 10.2. The van der Waals surface area contributed by atoms with Crippen LogP contribution in [-0.4, -0.2) is 37.2 Å². The molecule has 0 atom stereocenters. The third-order valence-corrected chi connectivity index (χ3v) is 3.12. The van der Waals surface area contributed by atoms with Crippen molar-refractivity contribution in [3.63, 3.8) is 0 Å². The third-order valence-electron chi connectivity index (χ3n) is 3.12. The summed E-state index contributed by atoms with van der Waals surface area (Å²) in [6, 6.07) is 6.45. The smallest absolute Gasteiger partial charge is 0.269 e. The molecule has 7 nitrogen and oxygen atoms in total. The zero-order valence-corrected chi connectivity index (χ0v) is 14.7. The Labute approximate surface area is 143 Å². The van der Waals surface area contributed by atoms with Gasteiger partial charge in [0.25, 0.3) is 5.69 Å². The summed E-state index contributed by atoms with van der Waals surface area (Å²) in [6.07, 6.45) is 0.911. The normalized spacial score (nSPS) is 11.6. The molecule has 1 aromatic rings. The largest absolute Gasteiger partial charge is 0.381 e. The van der Waals surface area contributed by atoms with Gasteiger partial charge in [0.15, 0.2) is 5.96 Å². The van der Waals surface area contributed by atoms with E-state index in [9.17, 15) is 10.1 Å². The van der Waals surface area contributed by atoms with Crippen LogP contribution in [-0.2, 0) is 11.3 Å². The number of guanidine groups is 1. The highest BCUT2D eigenvalue weighted by atomic mass is 16.6. The van der Waals surface area contributed by atoms with E-state index in [1.165, 1.54) is 12.1 Å². The van der Waals surface area contributed by atoms with Crippen LogP contribution in [0.4, 0.5) is 5.69 Å². The first-order chi connectivity index (χ1) is 11.5. The Morgan fingerprint density at radius 1 is 1.29 bits per heavy atom. The van der Waals surface area contributed by atoms with Crippen LogP contribution in [0.15, 0.2) is 29.3 Å². The minimum atomic E-state index is -0.403. The van der Waals surface area contributed by atoms with Gasteiger partial charge in [-0.2, -0.15) is 0 Å². The van der Waals surface area contributed by atoms with E-state index in [4.69, 9.17) is 4.74 Å². The average molecular weight is 336 g/mol. The summed E-state index contributed by atoms with van der Waals surface area (Å²) in [6.45, 7) is 9.81. The first kappa shape index (κ1) is 19.9. The molecule has 0 aromatic heterocycles. The van der Waals surface area contributed by atoms with E-state index in [-0.39, 0.29) is 5.69 Å². The molecule has 0 aliphatic carbocycles. The zero-order valence-electron chi connectivity index (χ0n) is 14.7. The number of ether oxygens (including phenoxy) is 1. The van der Waals surface area contributed by atoms with Gasteiger partial charge in [-0.05, 0) is 24.8 Å². The molecule has 1 aromatic carbocycles. The van der Waals surface area contributed by atoms with Crippen LogP contribution in [0, 0.1) is 16.0 Å². The molecule has 0 saturated heterocycles. The molecule has 0 bridgehead atoms. The number of nitrogens with one attached hydrogen (secondary N) is 2. The Morgan fingerprint density at radius 3 is 2.58 bits per heavy atom. The Kier molecular flexibility index (Phi) is 9.45. The van der Waals surface area contributed by atoms with Crippen molar-refractivity contribution in [2.45, 2.75) is 33.7 Å². The summed E-state index contributed by atoms with van der Waals surface area (Å²) in [5.74, 6) is 1.29. The molecule has 0 saturated carbocycles. The second-order valence-corrected chi connectivity index (χ2v) is 5.87. The number of rotatable bonds is 10. The predicted octanol–water partition coefficient (Wildman–Crippen LogP) is 2.71. The van der Waals surface area contributed by atoms with Gasteiger partial charge in [-0.3, -0.25) is 10.1 Å². The van der Waals surface area contributed by atoms with Crippen molar-refractivity contribution in [1.82, 2.24) is 10.6 Å². The van der Waals surface area contributed by atoms with E-state index >= 15 is 0 Å². The standard InChI is InChI=1S/C17H28N4O3/c1-4-18-17(19-10-5-11-24-13-14(2)3)20-12-15-6-8-16(9-7-15)21(22)23/h6-9,14H,4-5,10-13H2,1-3H3,(H2,18,19,20). The van der Waals surface area contributed by atoms with E-state index in [1.54, 1.807) is 12.1 Å². The maximum atomic E-state index is 10.6. The summed E-state index contributed by atoms with van der Waals surface area (Å²) in [5, 5.41) is 17.1. The molecule has 0 fully saturated rings. The number of hydrogen-bond donors (Lipinski definition) is 2. The molecular formula is C17H28N4O3. The van der Waals surface area contributed by atoms with Gasteiger partial charge < -0.3 is 15.4 Å². The van der Waals surface area contributed by atoms with Gasteiger partial charge in [0.1, 0.15) is 0 Å². The SMILES string of the molecule is CCNC(=NCc1ccc([N+](=O)[O-])cc1)NCCCOCC(C)C. The molecule has 24 heavy (non-hydrogen) atoms. The lowest BCUT2D eigenvalue weighted by Crippen LogP contribution is -2.38. The van der Waals surface area contributed by atoms with Gasteiger partial charge in [-0.15, -0.1) is 0 Å². The number of nitrogens with zero attached hydrogens (tertiary/aromatic N) is 2. The van der Waals surface area contributed by atoms with Gasteiger partial charge in [0.2, 0.25) is 0 Å². The Morgan fingerprint density at radius 2 is 2.00 bits per heavy atom. The molecule has 0 aliphatic rings. The van der Waals surface area contributed by atoms with Gasteiger partial charge in [-0.25, -0.2) is 4.99 Å². The minimum absolute atomic E-state index is 0.0918. The average Bonchev–Trinajstić information content (AvgIpc) is 2.55. The number of aliphatic imine (C=N–C) groups is 1. The Bertz CT molecular complexity index is 515. The Hall–Kier alpha value is -2.15. The van der Waals surface area contributed by atoms with Gasteiger partial charge in [0, 0.05) is 38.4 Å². The highest BCUT2D eigenvalue weighted by molar-refractivity contribution is 5.79. The lowest BCUT2D eigenvalue weighted by molar-refractivity contribution is -0.384. The van der Waals surface area contributed by atoms with Crippen molar-refractivity contribution >= 4 is 11.6 Å². The quantitative estimate of drug-likeness (QED) is 0.225. The third kappa shape index (κ3) is 8.47. The summed E-state index contributed by atoms with van der Waals surface area (Å²) in [7, 11) is 0. The van der Waals surface area contributed by atoms with Crippen molar-refractivity contribution in [1.29, 1.82) is 0 Å². The number of nitro benzene ring substituents is 1. The molecule has 1 rings (SSSR count). The van der Waals surface area contributed by atoms with E-state index < -0.39 is 4.92 Å². The van der Waals surface area contributed by atoms with E-state index in [0.29, 0.717) is 12.5 Å². The second kappa shape index (κ2) is 11.4. The van der Waals surface area contributed by atoms with E-state index in [2.05, 4.69) is 29.5 Å². The number of benzene rings is 1.